The minimum atomic E-state index is -0.903. The minimum absolute atomic E-state index is 0.100. The number of aromatic nitrogens is 1. The van der Waals surface area contributed by atoms with Crippen LogP contribution in [0.3, 0.4) is 0 Å². The Morgan fingerprint density at radius 1 is 1.09 bits per heavy atom. The first-order chi connectivity index (χ1) is 15.3. The number of ketones is 1. The summed E-state index contributed by atoms with van der Waals surface area (Å²) in [6, 6.07) is 13.2. The second-order valence-corrected chi connectivity index (χ2v) is 7.55. The normalized spacial score (nSPS) is 17.6. The molecule has 8 heteroatoms. The Kier molecular flexibility index (Phi) is 5.28. The molecular formula is C24H19N3O5. The van der Waals surface area contributed by atoms with Crippen molar-refractivity contribution in [1.82, 2.24) is 4.98 Å². The number of amides is 1. The summed E-state index contributed by atoms with van der Waals surface area (Å²) in [4.78, 5) is 42.1. The van der Waals surface area contributed by atoms with Crippen LogP contribution in [0, 0.1) is 24.0 Å². The molecule has 2 heterocycles. The smallest absolute Gasteiger partial charge is 0.300 e. The third-order valence-corrected chi connectivity index (χ3v) is 5.41. The molecule has 1 unspecified atom stereocenters. The highest BCUT2D eigenvalue weighted by Gasteiger charge is 2.47. The molecule has 0 aliphatic carbocycles. The van der Waals surface area contributed by atoms with Gasteiger partial charge in [0.1, 0.15) is 5.76 Å². The molecule has 0 saturated carbocycles. The number of pyridine rings is 1. The van der Waals surface area contributed by atoms with Crippen LogP contribution in [-0.4, -0.2) is 26.7 Å². The van der Waals surface area contributed by atoms with Gasteiger partial charge in [0.25, 0.3) is 17.4 Å². The molecule has 8 nitrogen and oxygen atoms in total. The molecular weight excluding hydrogens is 410 g/mol. The lowest BCUT2D eigenvalue weighted by Gasteiger charge is -2.26. The summed E-state index contributed by atoms with van der Waals surface area (Å²) in [5.41, 5.74) is 2.85. The molecule has 1 aliphatic heterocycles. The van der Waals surface area contributed by atoms with Crippen molar-refractivity contribution >= 4 is 28.8 Å². The van der Waals surface area contributed by atoms with Crippen LogP contribution in [0.1, 0.15) is 28.3 Å². The number of non-ortho nitro benzene ring substituents is 1. The Balaban J connectivity index is 1.92. The summed E-state index contributed by atoms with van der Waals surface area (Å²) >= 11 is 0. The van der Waals surface area contributed by atoms with Gasteiger partial charge in [-0.05, 0) is 49.2 Å². The highest BCUT2D eigenvalue weighted by Crippen LogP contribution is 2.43. The summed E-state index contributed by atoms with van der Waals surface area (Å²) in [6.45, 7) is 3.77. The Hall–Kier alpha value is -4.33. The highest BCUT2D eigenvalue weighted by atomic mass is 16.6. The van der Waals surface area contributed by atoms with Crippen molar-refractivity contribution in [3.63, 3.8) is 0 Å². The number of anilines is 1. The predicted molar refractivity (Wildman–Crippen MR) is 118 cm³/mol. The van der Waals surface area contributed by atoms with Gasteiger partial charge in [-0.3, -0.25) is 29.6 Å². The average Bonchev–Trinajstić information content (AvgIpc) is 3.04. The third-order valence-electron chi connectivity index (χ3n) is 5.41. The number of nitrogens with zero attached hydrogens (tertiary/aromatic N) is 3. The van der Waals surface area contributed by atoms with E-state index < -0.39 is 28.4 Å². The van der Waals surface area contributed by atoms with E-state index in [1.807, 2.05) is 26.0 Å². The molecule has 1 N–H and O–H groups in total. The number of aliphatic hydroxyl groups excluding tert-OH is 1. The van der Waals surface area contributed by atoms with Gasteiger partial charge in [-0.15, -0.1) is 0 Å². The van der Waals surface area contributed by atoms with Gasteiger partial charge in [-0.25, -0.2) is 0 Å². The summed E-state index contributed by atoms with van der Waals surface area (Å²) in [7, 11) is 0. The van der Waals surface area contributed by atoms with E-state index in [0.29, 0.717) is 11.3 Å². The quantitative estimate of drug-likeness (QED) is 0.218. The molecule has 160 valence electrons. The van der Waals surface area contributed by atoms with E-state index in [2.05, 4.69) is 4.98 Å². The van der Waals surface area contributed by atoms with E-state index in [1.165, 1.54) is 35.4 Å². The topological polar surface area (TPSA) is 114 Å². The molecule has 4 rings (SSSR count). The van der Waals surface area contributed by atoms with Gasteiger partial charge in [0.15, 0.2) is 0 Å². The number of aliphatic hydroxyl groups is 1. The number of hydrogen-bond donors (Lipinski definition) is 1. The van der Waals surface area contributed by atoms with Gasteiger partial charge in [0, 0.05) is 35.8 Å². The number of hydrogen-bond acceptors (Lipinski definition) is 6. The zero-order chi connectivity index (χ0) is 23.0. The summed E-state index contributed by atoms with van der Waals surface area (Å²) in [6.07, 6.45) is 3.11. The molecule has 0 bridgehead atoms. The van der Waals surface area contributed by atoms with Crippen LogP contribution >= 0.6 is 0 Å². The first kappa shape index (κ1) is 20.9. The number of benzene rings is 2. The van der Waals surface area contributed by atoms with Crippen LogP contribution in [0.4, 0.5) is 11.4 Å². The fourth-order valence-corrected chi connectivity index (χ4v) is 3.91. The molecule has 1 fully saturated rings. The fraction of sp³-hybridized carbons (Fsp3) is 0.125. The average molecular weight is 429 g/mol. The van der Waals surface area contributed by atoms with Gasteiger partial charge in [-0.1, -0.05) is 23.8 Å². The van der Waals surface area contributed by atoms with Crippen molar-refractivity contribution < 1.29 is 19.6 Å². The lowest BCUT2D eigenvalue weighted by Crippen LogP contribution is -2.30. The molecule has 1 aliphatic rings. The van der Waals surface area contributed by atoms with Crippen molar-refractivity contribution in [2.75, 3.05) is 4.90 Å². The largest absolute Gasteiger partial charge is 0.507 e. The van der Waals surface area contributed by atoms with Crippen molar-refractivity contribution in [3.05, 3.63) is 105 Å². The Labute approximate surface area is 183 Å². The molecule has 32 heavy (non-hydrogen) atoms. The third kappa shape index (κ3) is 3.51. The molecule has 1 saturated heterocycles. The van der Waals surface area contributed by atoms with Crippen LogP contribution in [0.15, 0.2) is 72.6 Å². The number of carbonyl (C=O) groups is 2. The maximum Gasteiger partial charge on any atom is 0.300 e. The molecule has 3 aromatic rings. The molecule has 2 aromatic carbocycles. The summed E-state index contributed by atoms with van der Waals surface area (Å²) in [5, 5.41) is 22.0. The highest BCUT2D eigenvalue weighted by molar-refractivity contribution is 6.51. The Morgan fingerprint density at radius 2 is 1.81 bits per heavy atom. The first-order valence-electron chi connectivity index (χ1n) is 9.82. The molecule has 0 spiro atoms. The zero-order valence-corrected chi connectivity index (χ0v) is 17.4. The van der Waals surface area contributed by atoms with Crippen LogP contribution in [0.5, 0.6) is 0 Å². The molecule has 1 aromatic heterocycles. The number of carbonyl (C=O) groups excluding carboxylic acids is 2. The van der Waals surface area contributed by atoms with Crippen LogP contribution in [-0.2, 0) is 9.59 Å². The second-order valence-electron chi connectivity index (χ2n) is 7.55. The molecule has 0 radical (unpaired) electrons. The monoisotopic (exact) mass is 429 g/mol. The molecule has 1 amide bonds. The van der Waals surface area contributed by atoms with Gasteiger partial charge >= 0.3 is 0 Å². The van der Waals surface area contributed by atoms with E-state index in [-0.39, 0.29) is 16.8 Å². The Morgan fingerprint density at radius 3 is 2.41 bits per heavy atom. The van der Waals surface area contributed by atoms with Crippen molar-refractivity contribution in [2.45, 2.75) is 19.9 Å². The van der Waals surface area contributed by atoms with E-state index in [9.17, 15) is 24.8 Å². The fourth-order valence-electron chi connectivity index (χ4n) is 3.91. The van der Waals surface area contributed by atoms with E-state index in [0.717, 1.165) is 11.1 Å². The van der Waals surface area contributed by atoms with Gasteiger partial charge in [0.05, 0.1) is 16.5 Å². The maximum absolute atomic E-state index is 13.1. The number of rotatable bonds is 4. The molecule has 1 atom stereocenters. The predicted octanol–water partition coefficient (Wildman–Crippen LogP) is 4.23. The second kappa shape index (κ2) is 8.07. The van der Waals surface area contributed by atoms with Crippen molar-refractivity contribution in [1.29, 1.82) is 0 Å². The summed E-state index contributed by atoms with van der Waals surface area (Å²) in [5.74, 6) is -2.01. The van der Waals surface area contributed by atoms with Crippen LogP contribution in [0.25, 0.3) is 5.76 Å². The van der Waals surface area contributed by atoms with Gasteiger partial charge < -0.3 is 5.11 Å². The Bertz CT molecular complexity index is 1270. The zero-order valence-electron chi connectivity index (χ0n) is 17.4. The van der Waals surface area contributed by atoms with Crippen molar-refractivity contribution in [2.24, 2.45) is 0 Å². The van der Waals surface area contributed by atoms with Gasteiger partial charge in [0.2, 0.25) is 0 Å². The minimum Gasteiger partial charge on any atom is -0.507 e. The maximum atomic E-state index is 13.1. The van der Waals surface area contributed by atoms with Crippen LogP contribution in [0.2, 0.25) is 0 Å². The first-order valence-corrected chi connectivity index (χ1v) is 9.82. The number of nitro benzene ring substituents is 1. The lowest BCUT2D eigenvalue weighted by molar-refractivity contribution is -0.384. The van der Waals surface area contributed by atoms with E-state index >= 15 is 0 Å². The van der Waals surface area contributed by atoms with Gasteiger partial charge in [-0.2, -0.15) is 0 Å². The summed E-state index contributed by atoms with van der Waals surface area (Å²) < 4.78 is 0. The van der Waals surface area contributed by atoms with E-state index in [4.69, 9.17) is 0 Å². The lowest BCUT2D eigenvalue weighted by atomic mass is 9.95. The van der Waals surface area contributed by atoms with E-state index in [1.54, 1.807) is 24.4 Å². The number of aryl methyl sites for hydroxylation is 2. The number of nitro groups is 1. The van der Waals surface area contributed by atoms with Crippen molar-refractivity contribution in [3.8, 4) is 0 Å². The van der Waals surface area contributed by atoms with Crippen LogP contribution < -0.4 is 4.90 Å². The standard InChI is InChI=1S/C24H19N3O5/c1-14-5-10-19(15(2)12-14)26-21(17-4-3-11-25-13-17)20(23(29)24(26)30)22(28)16-6-8-18(9-7-16)27(31)32/h3-13,21,28H,1-2H3/b22-20+. The SMILES string of the molecule is Cc1ccc(N2C(=O)C(=O)/C(=C(/O)c3ccc([N+](=O)[O-])cc3)C2c2cccnc2)c(C)c1. The number of Topliss-reactive ketones (excluding diaryl/α,β-unsaturated/α-hetero) is 1.